The van der Waals surface area contributed by atoms with E-state index in [1.165, 1.54) is 12.1 Å². The van der Waals surface area contributed by atoms with Crippen molar-refractivity contribution in [3.8, 4) is 6.07 Å². The van der Waals surface area contributed by atoms with Crippen LogP contribution in [-0.2, 0) is 0 Å². The van der Waals surface area contributed by atoms with Crippen LogP contribution in [0.2, 0.25) is 0 Å². The monoisotopic (exact) mass is 252 g/mol. The molecule has 1 saturated carbocycles. The lowest BCUT2D eigenvalue weighted by atomic mass is 9.82. The molecule has 1 aromatic carbocycles. The first kappa shape index (κ1) is 12.8. The molecule has 0 atom stereocenters. The van der Waals surface area contributed by atoms with Gasteiger partial charge in [-0.2, -0.15) is 5.26 Å². The molecule has 96 valence electrons. The molecule has 1 N–H and O–H groups in total. The molecule has 0 radical (unpaired) electrons. The second-order valence-corrected chi connectivity index (χ2v) is 4.74. The molecule has 1 aromatic rings. The van der Waals surface area contributed by atoms with Crippen LogP contribution in [0.1, 0.15) is 18.4 Å². The van der Waals surface area contributed by atoms with Crippen molar-refractivity contribution >= 4 is 5.69 Å². The van der Waals surface area contributed by atoms with Gasteiger partial charge in [0.1, 0.15) is 6.07 Å². The first-order valence-electron chi connectivity index (χ1n) is 5.80. The van der Waals surface area contributed by atoms with E-state index in [0.717, 1.165) is 0 Å². The third-order valence-corrected chi connectivity index (χ3v) is 3.34. The van der Waals surface area contributed by atoms with Gasteiger partial charge in [-0.15, -0.1) is 0 Å². The van der Waals surface area contributed by atoms with Crippen LogP contribution in [-0.4, -0.2) is 24.8 Å². The van der Waals surface area contributed by atoms with Gasteiger partial charge in [-0.05, 0) is 30.9 Å². The zero-order valence-corrected chi connectivity index (χ0v) is 10.0. The molecule has 0 aliphatic heterocycles. The highest BCUT2D eigenvalue weighted by Gasteiger charge is 2.29. The van der Waals surface area contributed by atoms with Gasteiger partial charge in [-0.1, -0.05) is 0 Å². The van der Waals surface area contributed by atoms with Crippen molar-refractivity contribution < 1.29 is 13.9 Å². The summed E-state index contributed by atoms with van der Waals surface area (Å²) in [5.74, 6) is -1.78. The molecular formula is C13H14F2N2O. The molecular weight excluding hydrogens is 238 g/mol. The number of halogens is 2. The van der Waals surface area contributed by atoms with Crippen molar-refractivity contribution in [2.75, 3.05) is 18.5 Å². The minimum Gasteiger partial charge on any atom is -0.393 e. The lowest BCUT2D eigenvalue weighted by Gasteiger charge is -2.35. The number of aliphatic hydroxyl groups is 1. The van der Waals surface area contributed by atoms with Crippen LogP contribution in [0.15, 0.2) is 12.1 Å². The fourth-order valence-electron chi connectivity index (χ4n) is 2.26. The van der Waals surface area contributed by atoms with Gasteiger partial charge in [0.15, 0.2) is 11.6 Å². The average Bonchev–Trinajstić information content (AvgIpc) is 2.30. The van der Waals surface area contributed by atoms with E-state index in [1.807, 2.05) is 0 Å². The number of benzene rings is 1. The summed E-state index contributed by atoms with van der Waals surface area (Å²) in [6.07, 6.45) is 1.14. The summed E-state index contributed by atoms with van der Waals surface area (Å²) in [7, 11) is 1.68. The van der Waals surface area contributed by atoms with Gasteiger partial charge < -0.3 is 10.0 Å². The molecule has 0 heterocycles. The van der Waals surface area contributed by atoms with Crippen molar-refractivity contribution in [3.63, 3.8) is 0 Å². The van der Waals surface area contributed by atoms with Gasteiger partial charge in [0, 0.05) is 13.6 Å². The van der Waals surface area contributed by atoms with Gasteiger partial charge in [-0.25, -0.2) is 8.78 Å². The highest BCUT2D eigenvalue weighted by molar-refractivity contribution is 5.51. The fraction of sp³-hybridized carbons (Fsp3) is 0.462. The number of anilines is 1. The normalized spacial score (nSPS) is 22.2. The van der Waals surface area contributed by atoms with E-state index in [-0.39, 0.29) is 17.4 Å². The highest BCUT2D eigenvalue weighted by Crippen LogP contribution is 2.30. The Labute approximate surface area is 104 Å². The molecule has 1 aliphatic carbocycles. The Morgan fingerprint density at radius 3 is 2.61 bits per heavy atom. The maximum Gasteiger partial charge on any atom is 0.183 e. The molecule has 18 heavy (non-hydrogen) atoms. The first-order valence-corrected chi connectivity index (χ1v) is 5.80. The van der Waals surface area contributed by atoms with Gasteiger partial charge >= 0.3 is 0 Å². The largest absolute Gasteiger partial charge is 0.393 e. The minimum absolute atomic E-state index is 0.146. The number of rotatable bonds is 3. The maximum absolute atomic E-state index is 13.7. The van der Waals surface area contributed by atoms with Crippen molar-refractivity contribution in [1.29, 1.82) is 5.26 Å². The molecule has 1 aliphatic rings. The predicted octanol–water partition coefficient (Wildman–Crippen LogP) is 2.04. The summed E-state index contributed by atoms with van der Waals surface area (Å²) >= 11 is 0. The van der Waals surface area contributed by atoms with Crippen LogP contribution in [0.25, 0.3) is 0 Å². The number of aliphatic hydroxyl groups excluding tert-OH is 1. The van der Waals surface area contributed by atoms with E-state index in [0.29, 0.717) is 25.3 Å². The van der Waals surface area contributed by atoms with Crippen LogP contribution in [0.5, 0.6) is 0 Å². The van der Waals surface area contributed by atoms with Gasteiger partial charge in [0.05, 0.1) is 17.4 Å². The average molecular weight is 252 g/mol. The smallest absolute Gasteiger partial charge is 0.183 e. The SMILES string of the molecule is CN(CC1CC(O)C1)c1ccc(C#N)c(F)c1F. The Morgan fingerprint density at radius 2 is 2.06 bits per heavy atom. The number of nitriles is 1. The zero-order valence-electron chi connectivity index (χ0n) is 10.0. The molecule has 0 amide bonds. The Kier molecular flexibility index (Phi) is 3.48. The van der Waals surface area contributed by atoms with Gasteiger partial charge in [-0.3, -0.25) is 0 Å². The van der Waals surface area contributed by atoms with E-state index in [9.17, 15) is 13.9 Å². The fourth-order valence-corrected chi connectivity index (χ4v) is 2.26. The summed E-state index contributed by atoms with van der Waals surface area (Å²) < 4.78 is 27.2. The third-order valence-electron chi connectivity index (χ3n) is 3.34. The standard InChI is InChI=1S/C13H14F2N2O/c1-17(7-8-4-10(18)5-8)11-3-2-9(6-16)12(14)13(11)15/h2-3,8,10,18H,4-5,7H2,1H3. The molecule has 5 heteroatoms. The molecule has 0 bridgehead atoms. The van der Waals surface area contributed by atoms with E-state index in [4.69, 9.17) is 5.26 Å². The van der Waals surface area contributed by atoms with Crippen molar-refractivity contribution in [2.45, 2.75) is 18.9 Å². The molecule has 0 aromatic heterocycles. The van der Waals surface area contributed by atoms with E-state index in [1.54, 1.807) is 18.0 Å². The van der Waals surface area contributed by atoms with E-state index in [2.05, 4.69) is 0 Å². The van der Waals surface area contributed by atoms with Crippen molar-refractivity contribution in [1.82, 2.24) is 0 Å². The summed E-state index contributed by atoms with van der Waals surface area (Å²) in [6.45, 7) is 0.569. The molecule has 0 unspecified atom stereocenters. The minimum atomic E-state index is -1.10. The van der Waals surface area contributed by atoms with E-state index < -0.39 is 11.6 Å². The topological polar surface area (TPSA) is 47.3 Å². The van der Waals surface area contributed by atoms with Crippen LogP contribution >= 0.6 is 0 Å². The number of nitrogens with zero attached hydrogens (tertiary/aromatic N) is 2. The highest BCUT2D eigenvalue weighted by atomic mass is 19.2. The molecule has 0 spiro atoms. The summed E-state index contributed by atoms with van der Waals surface area (Å²) in [6, 6.07) is 4.29. The Bertz CT molecular complexity index is 492. The Hall–Kier alpha value is -1.67. The lowest BCUT2D eigenvalue weighted by Crippen LogP contribution is -2.37. The second-order valence-electron chi connectivity index (χ2n) is 4.74. The lowest BCUT2D eigenvalue weighted by molar-refractivity contribution is 0.0464. The predicted molar refractivity (Wildman–Crippen MR) is 63.1 cm³/mol. The van der Waals surface area contributed by atoms with Gasteiger partial charge in [0.25, 0.3) is 0 Å². The zero-order chi connectivity index (χ0) is 13.3. The number of hydrogen-bond donors (Lipinski definition) is 1. The summed E-state index contributed by atoms with van der Waals surface area (Å²) in [5, 5.41) is 17.8. The quantitative estimate of drug-likeness (QED) is 0.895. The second kappa shape index (κ2) is 4.91. The molecule has 1 fully saturated rings. The molecule has 2 rings (SSSR count). The third kappa shape index (κ3) is 2.29. The maximum atomic E-state index is 13.7. The van der Waals surface area contributed by atoms with Crippen LogP contribution in [0.3, 0.4) is 0 Å². The Balaban J connectivity index is 2.13. The molecule has 0 saturated heterocycles. The summed E-state index contributed by atoms with van der Waals surface area (Å²) in [4.78, 5) is 1.62. The van der Waals surface area contributed by atoms with Crippen LogP contribution < -0.4 is 4.90 Å². The van der Waals surface area contributed by atoms with E-state index >= 15 is 0 Å². The van der Waals surface area contributed by atoms with Crippen molar-refractivity contribution in [2.24, 2.45) is 5.92 Å². The Morgan fingerprint density at radius 1 is 1.39 bits per heavy atom. The van der Waals surface area contributed by atoms with Crippen LogP contribution in [0.4, 0.5) is 14.5 Å². The number of hydrogen-bond acceptors (Lipinski definition) is 3. The van der Waals surface area contributed by atoms with Crippen LogP contribution in [0, 0.1) is 28.9 Å². The van der Waals surface area contributed by atoms with Crippen molar-refractivity contribution in [3.05, 3.63) is 29.3 Å². The summed E-state index contributed by atoms with van der Waals surface area (Å²) in [5.41, 5.74) is -0.142. The van der Waals surface area contributed by atoms with Gasteiger partial charge in [0.2, 0.25) is 0 Å². The molecule has 3 nitrogen and oxygen atoms in total. The first-order chi connectivity index (χ1) is 8.52.